The molecule has 6 N–H and O–H groups in total. The molecule has 21 heteroatoms. The molecule has 3 aromatic carbocycles. The number of aryl methyl sites for hydroxylation is 1. The van der Waals surface area contributed by atoms with Crippen LogP contribution in [0.3, 0.4) is 0 Å². The Kier molecular flexibility index (Phi) is 12.5. The molecule has 3 saturated carbocycles. The summed E-state index contributed by atoms with van der Waals surface area (Å²) in [5, 5.41) is 10.8. The van der Waals surface area contributed by atoms with Gasteiger partial charge in [0.15, 0.2) is 5.75 Å². The molecule has 72 heavy (non-hydrogen) atoms. The van der Waals surface area contributed by atoms with E-state index in [9.17, 15) is 43.1 Å². The molecule has 6 aliphatic rings. The summed E-state index contributed by atoms with van der Waals surface area (Å²) in [4.78, 5) is 121. The largest absolute Gasteiger partial charge is 0.524 e. The Hall–Kier alpha value is -5.78. The molecule has 3 aliphatic carbocycles. The number of phosphoric ester groups is 1. The fourth-order valence-corrected chi connectivity index (χ4v) is 13.5. The van der Waals surface area contributed by atoms with Crippen molar-refractivity contribution >= 4 is 111 Å². The third-order valence-electron chi connectivity index (χ3n) is 16.2. The van der Waals surface area contributed by atoms with Crippen molar-refractivity contribution in [3.63, 3.8) is 0 Å². The van der Waals surface area contributed by atoms with Crippen LogP contribution < -0.4 is 30.3 Å². The number of H-pyrrole nitrogens is 1. The first-order chi connectivity index (χ1) is 34.2. The van der Waals surface area contributed by atoms with Crippen LogP contribution in [-0.2, 0) is 38.1 Å². The number of imide groups is 1. The van der Waals surface area contributed by atoms with Crippen LogP contribution in [0.4, 0.5) is 17.1 Å². The van der Waals surface area contributed by atoms with Crippen LogP contribution in [0.15, 0.2) is 54.7 Å². The van der Waals surface area contributed by atoms with Crippen LogP contribution in [0.1, 0.15) is 94.2 Å². The van der Waals surface area contributed by atoms with Crippen molar-refractivity contribution in [1.29, 1.82) is 0 Å². The van der Waals surface area contributed by atoms with Gasteiger partial charge >= 0.3 is 7.82 Å². The number of amides is 7. The van der Waals surface area contributed by atoms with Crippen molar-refractivity contribution < 1.29 is 52.4 Å². The van der Waals surface area contributed by atoms with Crippen molar-refractivity contribution in [2.45, 2.75) is 96.6 Å². The number of rotatable bonds is 18. The molecule has 4 aromatic rings. The van der Waals surface area contributed by atoms with Crippen molar-refractivity contribution in [3.8, 4) is 5.75 Å². The van der Waals surface area contributed by atoms with Gasteiger partial charge in [0.1, 0.15) is 12.1 Å². The molecule has 4 heterocycles. The fraction of sp³-hybridized carbons (Fsp3) is 0.471. The lowest BCUT2D eigenvalue weighted by molar-refractivity contribution is -0.137. The van der Waals surface area contributed by atoms with Gasteiger partial charge in [-0.25, -0.2) is 4.57 Å². The van der Waals surface area contributed by atoms with Crippen LogP contribution >= 0.6 is 31.0 Å². The van der Waals surface area contributed by atoms with Crippen molar-refractivity contribution in [2.24, 2.45) is 22.2 Å². The molecule has 1 spiro atoms. The number of phosphoric acid groups is 1. The van der Waals surface area contributed by atoms with Crippen molar-refractivity contribution in [1.82, 2.24) is 20.5 Å². The molecule has 1 aromatic heterocycles. The molecule has 0 saturated heterocycles. The van der Waals surface area contributed by atoms with Crippen LogP contribution in [-0.4, -0.2) is 104 Å². The third-order valence-corrected chi connectivity index (χ3v) is 17.3. The Bertz CT molecular complexity index is 3100. The van der Waals surface area contributed by atoms with Gasteiger partial charge in [0.25, 0.3) is 11.8 Å². The molecular formula is C51H56Cl2N7O11P. The molecule has 18 nitrogen and oxygen atoms in total. The lowest BCUT2D eigenvalue weighted by atomic mass is 9.72. The number of benzene rings is 3. The van der Waals surface area contributed by atoms with Gasteiger partial charge in [-0.15, -0.1) is 23.2 Å². The number of nitrogens with zero attached hydrogens (tertiary/aromatic N) is 3. The van der Waals surface area contributed by atoms with Gasteiger partial charge in [-0.2, -0.15) is 0 Å². The minimum Gasteiger partial charge on any atom is -0.402 e. The predicted molar refractivity (Wildman–Crippen MR) is 270 cm³/mol. The molecule has 3 fully saturated rings. The van der Waals surface area contributed by atoms with E-state index in [0.717, 1.165) is 27.0 Å². The number of halogens is 2. The summed E-state index contributed by atoms with van der Waals surface area (Å²) < 4.78 is 17.2. The van der Waals surface area contributed by atoms with E-state index in [0.29, 0.717) is 78.4 Å². The van der Waals surface area contributed by atoms with E-state index in [-0.39, 0.29) is 84.3 Å². The summed E-state index contributed by atoms with van der Waals surface area (Å²) in [6.07, 6.45) is 7.31. The molecule has 7 atom stereocenters. The Morgan fingerprint density at radius 2 is 1.44 bits per heavy atom. The highest BCUT2D eigenvalue weighted by atomic mass is 35.5. The number of aromatic nitrogens is 1. The average molecular weight is 1040 g/mol. The average Bonchev–Trinajstić information content (AvgIpc) is 3.67. The zero-order chi connectivity index (χ0) is 51.4. The second kappa shape index (κ2) is 18.0. The van der Waals surface area contributed by atoms with Gasteiger partial charge in [-0.3, -0.25) is 48.2 Å². The van der Waals surface area contributed by atoms with E-state index in [2.05, 4.69) is 20.9 Å². The normalized spacial score (nSPS) is 25.2. The van der Waals surface area contributed by atoms with Crippen LogP contribution in [0.5, 0.6) is 5.75 Å². The number of unbranched alkanes of at least 4 members (excludes halogenated alkanes) is 2. The monoisotopic (exact) mass is 1040 g/mol. The number of fused-ring (bicyclic) bond motifs is 6. The molecule has 380 valence electrons. The summed E-state index contributed by atoms with van der Waals surface area (Å²) in [7, 11) is -4.97. The highest BCUT2D eigenvalue weighted by Gasteiger charge is 3.01. The standard InChI is InChI=1S/C51H56Cl2N7O11P/c1-26(2)43(57-37(61)12-6-5-9-15-58-38(62)13-14-39(58)63)46(65)55-28(4)45(64)56-33-16-34-41(32-11-8-7-10-31(32)33)29(18-52)21-59(34)47(66)49-23-50(25-51(49,50)24-49)48(67)60-22-30(19-53)42-35(60)17-36(71-72(68,69)70)44-40(42)27(3)20-54-44/h7-8,10-11,13-14,16-17,20,26,28-30,43,54H,5-6,9,12,15,18-19,21-25H2,1-4H3,(H,55,65)(H,56,64)(H,57,61)(H2,68,69,70)/t28-,29+,30+,43-,49?,50?,51?/m0/s1. The van der Waals surface area contributed by atoms with Gasteiger partial charge in [-0.1, -0.05) is 44.5 Å². The minimum atomic E-state index is -4.97. The second-order valence-corrected chi connectivity index (χ2v) is 22.6. The van der Waals surface area contributed by atoms with Gasteiger partial charge in [0.2, 0.25) is 29.5 Å². The zero-order valence-corrected chi connectivity index (χ0v) is 42.6. The van der Waals surface area contributed by atoms with Crippen LogP contribution in [0, 0.1) is 29.1 Å². The summed E-state index contributed by atoms with van der Waals surface area (Å²) in [5.41, 5.74) is 2.29. The highest BCUT2D eigenvalue weighted by molar-refractivity contribution is 7.46. The van der Waals surface area contributed by atoms with E-state index in [4.69, 9.17) is 27.7 Å². The van der Waals surface area contributed by atoms with Crippen molar-refractivity contribution in [2.75, 3.05) is 46.5 Å². The highest BCUT2D eigenvalue weighted by Crippen LogP contribution is 3.01. The summed E-state index contributed by atoms with van der Waals surface area (Å²) in [5.74, 6) is -2.81. The fourth-order valence-electron chi connectivity index (χ4n) is 12.6. The molecular weight excluding hydrogens is 988 g/mol. The summed E-state index contributed by atoms with van der Waals surface area (Å²) >= 11 is 13.2. The Morgan fingerprint density at radius 1 is 0.833 bits per heavy atom. The van der Waals surface area contributed by atoms with Crippen LogP contribution in [0.25, 0.3) is 21.7 Å². The first-order valence-corrected chi connectivity index (χ1v) is 26.9. The molecule has 10 rings (SSSR count). The summed E-state index contributed by atoms with van der Waals surface area (Å²) in [6, 6.07) is 8.84. The van der Waals surface area contributed by atoms with Gasteiger partial charge in [-0.05, 0) is 80.0 Å². The van der Waals surface area contributed by atoms with Crippen LogP contribution in [0.2, 0.25) is 0 Å². The first kappa shape index (κ1) is 49.8. The quantitative estimate of drug-likeness (QED) is 0.0276. The maximum Gasteiger partial charge on any atom is 0.524 e. The predicted octanol–water partition coefficient (Wildman–Crippen LogP) is 6.38. The zero-order valence-electron chi connectivity index (χ0n) is 40.2. The Labute approximate surface area is 424 Å². The molecule has 3 aliphatic heterocycles. The molecule has 3 unspecified atom stereocenters. The minimum absolute atomic E-state index is 0.0800. The first-order valence-electron chi connectivity index (χ1n) is 24.3. The van der Waals surface area contributed by atoms with Gasteiger partial charge in [0, 0.05) is 95.9 Å². The Balaban J connectivity index is 0.827. The van der Waals surface area contributed by atoms with E-state index >= 15 is 4.79 Å². The van der Waals surface area contributed by atoms with Gasteiger partial charge < -0.3 is 35.3 Å². The number of nitrogens with one attached hydrogen (secondary N) is 4. The number of alkyl halides is 2. The number of hydrogen-bond acceptors (Lipinski definition) is 9. The topological polar surface area (TPSA) is 248 Å². The van der Waals surface area contributed by atoms with E-state index in [1.54, 1.807) is 42.8 Å². The van der Waals surface area contributed by atoms with Crippen molar-refractivity contribution in [3.05, 3.63) is 71.4 Å². The molecule has 0 radical (unpaired) electrons. The maximum atomic E-state index is 15.1. The number of aromatic amines is 1. The number of anilines is 3. The van der Waals surface area contributed by atoms with Gasteiger partial charge in [0.05, 0.1) is 27.7 Å². The number of carbonyl (C=O) groups is 7. The molecule has 7 amide bonds. The number of hydrogen-bond donors (Lipinski definition) is 6. The summed E-state index contributed by atoms with van der Waals surface area (Å²) in [6.45, 7) is 7.81. The van der Waals surface area contributed by atoms with E-state index < -0.39 is 48.0 Å². The SMILES string of the molecule is Cc1c[nH]c2c(OP(=O)(O)O)cc3c(c12)[C@H](CCl)CN3C(=O)C12CC3(C(=O)N4C[C@@H](CCl)c5c4cc(NC(=O)[C@H](C)NC(=O)[C@@H](NC(=O)CCCCCN4C(=O)C=CC4=O)C(C)C)c4ccccc54)CC31C2. The maximum absolute atomic E-state index is 15.1. The lowest BCUT2D eigenvalue weighted by Gasteiger charge is -2.37. The van der Waals surface area contributed by atoms with E-state index in [1.165, 1.54) is 18.2 Å². The lowest BCUT2D eigenvalue weighted by Crippen LogP contribution is -2.53. The molecule has 0 bridgehead atoms. The Morgan fingerprint density at radius 3 is 2.04 bits per heavy atom. The smallest absolute Gasteiger partial charge is 0.402 e. The second-order valence-electron chi connectivity index (χ2n) is 20.8. The number of carbonyl (C=O) groups excluding carboxylic acids is 7. The van der Waals surface area contributed by atoms with E-state index in [1.807, 2.05) is 31.2 Å². The third kappa shape index (κ3) is 7.90.